The van der Waals surface area contributed by atoms with E-state index in [9.17, 15) is 0 Å². The SMILES string of the molecule is CNC(C)C(C)N(CCC(C)C)CCC(C)C. The average Bonchev–Trinajstić information content (AvgIpc) is 2.26. The fourth-order valence-electron chi connectivity index (χ4n) is 1.92. The monoisotopic (exact) mass is 242 g/mol. The van der Waals surface area contributed by atoms with Gasteiger partial charge in [-0.15, -0.1) is 0 Å². The van der Waals surface area contributed by atoms with Crippen molar-refractivity contribution in [2.45, 2.75) is 66.5 Å². The molecule has 0 bridgehead atoms. The molecule has 2 atom stereocenters. The van der Waals surface area contributed by atoms with E-state index >= 15 is 0 Å². The summed E-state index contributed by atoms with van der Waals surface area (Å²) in [5, 5.41) is 3.38. The van der Waals surface area contributed by atoms with Crippen LogP contribution in [0.5, 0.6) is 0 Å². The van der Waals surface area contributed by atoms with Crippen molar-refractivity contribution in [3.63, 3.8) is 0 Å². The minimum atomic E-state index is 0.564. The van der Waals surface area contributed by atoms with Crippen LogP contribution in [0.2, 0.25) is 0 Å². The standard InChI is InChI=1S/C15H34N2/c1-12(2)8-10-17(11-9-13(3)4)15(6)14(5)16-7/h12-16H,8-11H2,1-7H3. The molecular formula is C15H34N2. The first-order valence-corrected chi connectivity index (χ1v) is 7.29. The van der Waals surface area contributed by atoms with Crippen LogP contribution in [0.4, 0.5) is 0 Å². The van der Waals surface area contributed by atoms with Crippen LogP contribution < -0.4 is 5.32 Å². The van der Waals surface area contributed by atoms with Crippen LogP contribution in [0.25, 0.3) is 0 Å². The summed E-state index contributed by atoms with van der Waals surface area (Å²) in [7, 11) is 2.06. The summed E-state index contributed by atoms with van der Waals surface area (Å²) >= 11 is 0. The molecule has 0 radical (unpaired) electrons. The smallest absolute Gasteiger partial charge is 0.0218 e. The molecule has 0 spiro atoms. The van der Waals surface area contributed by atoms with Crippen LogP contribution in [0.15, 0.2) is 0 Å². The van der Waals surface area contributed by atoms with Crippen molar-refractivity contribution in [3.05, 3.63) is 0 Å². The third-order valence-corrected chi connectivity index (χ3v) is 3.74. The second-order valence-electron chi connectivity index (χ2n) is 6.22. The zero-order valence-corrected chi connectivity index (χ0v) is 13.1. The lowest BCUT2D eigenvalue weighted by Gasteiger charge is -2.34. The fourth-order valence-corrected chi connectivity index (χ4v) is 1.92. The molecule has 2 heteroatoms. The van der Waals surface area contributed by atoms with Crippen molar-refractivity contribution in [3.8, 4) is 0 Å². The molecule has 0 fully saturated rings. The van der Waals surface area contributed by atoms with E-state index in [2.05, 4.69) is 58.8 Å². The molecule has 1 N–H and O–H groups in total. The third-order valence-electron chi connectivity index (χ3n) is 3.74. The van der Waals surface area contributed by atoms with Crippen molar-refractivity contribution in [1.29, 1.82) is 0 Å². The highest BCUT2D eigenvalue weighted by Crippen LogP contribution is 2.11. The van der Waals surface area contributed by atoms with Gasteiger partial charge in [0, 0.05) is 12.1 Å². The van der Waals surface area contributed by atoms with Crippen molar-refractivity contribution in [1.82, 2.24) is 10.2 Å². The number of nitrogens with one attached hydrogen (secondary N) is 1. The number of rotatable bonds is 9. The van der Waals surface area contributed by atoms with Gasteiger partial charge in [-0.1, -0.05) is 27.7 Å². The zero-order chi connectivity index (χ0) is 13.4. The van der Waals surface area contributed by atoms with Gasteiger partial charge in [0.1, 0.15) is 0 Å². The first-order valence-electron chi connectivity index (χ1n) is 7.29. The van der Waals surface area contributed by atoms with Gasteiger partial charge in [-0.2, -0.15) is 0 Å². The van der Waals surface area contributed by atoms with Gasteiger partial charge >= 0.3 is 0 Å². The second kappa shape index (κ2) is 8.93. The lowest BCUT2D eigenvalue weighted by Crippen LogP contribution is -2.47. The van der Waals surface area contributed by atoms with Gasteiger partial charge in [-0.25, -0.2) is 0 Å². The first-order chi connectivity index (χ1) is 7.88. The Labute approximate surface area is 109 Å². The Kier molecular flexibility index (Phi) is 8.89. The molecule has 0 aromatic heterocycles. The maximum absolute atomic E-state index is 3.38. The lowest BCUT2D eigenvalue weighted by atomic mass is 10.0. The molecule has 0 saturated heterocycles. The minimum absolute atomic E-state index is 0.564. The molecule has 104 valence electrons. The van der Waals surface area contributed by atoms with E-state index in [1.54, 1.807) is 0 Å². The van der Waals surface area contributed by atoms with Gasteiger partial charge in [0.25, 0.3) is 0 Å². The molecule has 2 unspecified atom stereocenters. The highest BCUT2D eigenvalue weighted by atomic mass is 15.2. The molecule has 0 heterocycles. The molecule has 0 aromatic rings. The molecule has 0 rings (SSSR count). The van der Waals surface area contributed by atoms with Crippen LogP contribution in [-0.2, 0) is 0 Å². The molecule has 0 aliphatic rings. The number of nitrogens with zero attached hydrogens (tertiary/aromatic N) is 1. The zero-order valence-electron chi connectivity index (χ0n) is 13.1. The van der Waals surface area contributed by atoms with Gasteiger partial charge in [0.15, 0.2) is 0 Å². The topological polar surface area (TPSA) is 15.3 Å². The summed E-state index contributed by atoms with van der Waals surface area (Å²) in [5.41, 5.74) is 0. The maximum atomic E-state index is 3.38. The second-order valence-corrected chi connectivity index (χ2v) is 6.22. The van der Waals surface area contributed by atoms with Crippen LogP contribution in [0.3, 0.4) is 0 Å². The minimum Gasteiger partial charge on any atom is -0.316 e. The Morgan fingerprint density at radius 2 is 1.24 bits per heavy atom. The Morgan fingerprint density at radius 3 is 1.53 bits per heavy atom. The van der Waals surface area contributed by atoms with E-state index in [0.29, 0.717) is 12.1 Å². The molecule has 0 aliphatic heterocycles. The Bertz CT molecular complexity index is 166. The van der Waals surface area contributed by atoms with Crippen LogP contribution in [-0.4, -0.2) is 37.1 Å². The van der Waals surface area contributed by atoms with Gasteiger partial charge in [0.2, 0.25) is 0 Å². The number of hydrogen-bond donors (Lipinski definition) is 1. The van der Waals surface area contributed by atoms with Crippen molar-refractivity contribution in [2.75, 3.05) is 20.1 Å². The predicted molar refractivity (Wildman–Crippen MR) is 78.5 cm³/mol. The number of hydrogen-bond acceptors (Lipinski definition) is 2. The van der Waals surface area contributed by atoms with E-state index in [1.807, 2.05) is 0 Å². The summed E-state index contributed by atoms with van der Waals surface area (Å²) in [5.74, 6) is 1.60. The van der Waals surface area contributed by atoms with Crippen LogP contribution in [0, 0.1) is 11.8 Å². The van der Waals surface area contributed by atoms with Crippen molar-refractivity contribution < 1.29 is 0 Å². The van der Waals surface area contributed by atoms with Crippen molar-refractivity contribution >= 4 is 0 Å². The van der Waals surface area contributed by atoms with E-state index < -0.39 is 0 Å². The maximum Gasteiger partial charge on any atom is 0.0218 e. The van der Waals surface area contributed by atoms with E-state index in [0.717, 1.165) is 11.8 Å². The Morgan fingerprint density at radius 1 is 0.824 bits per heavy atom. The molecule has 0 saturated carbocycles. The largest absolute Gasteiger partial charge is 0.316 e. The molecule has 0 aromatic carbocycles. The molecular weight excluding hydrogens is 208 g/mol. The highest BCUT2D eigenvalue weighted by molar-refractivity contribution is 4.77. The first kappa shape index (κ1) is 16.9. The molecule has 17 heavy (non-hydrogen) atoms. The summed E-state index contributed by atoms with van der Waals surface area (Å²) in [6, 6.07) is 1.19. The summed E-state index contributed by atoms with van der Waals surface area (Å²) in [6.07, 6.45) is 2.61. The van der Waals surface area contributed by atoms with E-state index in [1.165, 1.54) is 25.9 Å². The molecule has 2 nitrogen and oxygen atoms in total. The summed E-state index contributed by atoms with van der Waals surface area (Å²) in [6.45, 7) is 16.3. The van der Waals surface area contributed by atoms with E-state index in [4.69, 9.17) is 0 Å². The van der Waals surface area contributed by atoms with E-state index in [-0.39, 0.29) is 0 Å². The van der Waals surface area contributed by atoms with Gasteiger partial charge in [-0.3, -0.25) is 4.90 Å². The molecule has 0 aliphatic carbocycles. The summed E-state index contributed by atoms with van der Waals surface area (Å²) < 4.78 is 0. The highest BCUT2D eigenvalue weighted by Gasteiger charge is 2.18. The average molecular weight is 242 g/mol. The molecule has 0 amide bonds. The number of likely N-dealkylation sites (N-methyl/N-ethyl adjacent to an activating group) is 1. The van der Waals surface area contributed by atoms with Crippen LogP contribution >= 0.6 is 0 Å². The van der Waals surface area contributed by atoms with Crippen molar-refractivity contribution in [2.24, 2.45) is 11.8 Å². The Balaban J connectivity index is 4.27. The van der Waals surface area contributed by atoms with Crippen LogP contribution in [0.1, 0.15) is 54.4 Å². The van der Waals surface area contributed by atoms with Gasteiger partial charge in [-0.05, 0) is 58.7 Å². The Hall–Kier alpha value is -0.0800. The quantitative estimate of drug-likeness (QED) is 0.667. The van der Waals surface area contributed by atoms with Gasteiger partial charge < -0.3 is 5.32 Å². The predicted octanol–water partition coefficient (Wildman–Crippen LogP) is 3.38. The summed E-state index contributed by atoms with van der Waals surface area (Å²) in [4.78, 5) is 2.65. The van der Waals surface area contributed by atoms with Gasteiger partial charge in [0.05, 0.1) is 0 Å². The fraction of sp³-hybridized carbons (Fsp3) is 1.00. The normalized spacial score (nSPS) is 15.9. The third kappa shape index (κ3) is 7.77. The lowest BCUT2D eigenvalue weighted by molar-refractivity contribution is 0.161.